The second-order valence-corrected chi connectivity index (χ2v) is 14.1. The average molecular weight is 732 g/mol. The number of Topliss-reactive ketones (excluding diaryl/α,β-unsaturated/α-hetero) is 1. The first-order chi connectivity index (χ1) is 22.8. The number of rotatable bonds is 4. The zero-order chi connectivity index (χ0) is 32.4. The number of ketones is 2. The van der Waals surface area contributed by atoms with E-state index < -0.39 is 35.0 Å². The van der Waals surface area contributed by atoms with Crippen LogP contribution < -0.4 is 4.90 Å². The van der Waals surface area contributed by atoms with Crippen molar-refractivity contribution in [3.63, 3.8) is 0 Å². The van der Waals surface area contributed by atoms with Crippen LogP contribution in [0.2, 0.25) is 0 Å². The highest BCUT2D eigenvalue weighted by Crippen LogP contribution is 2.64. The Bertz CT molecular complexity index is 2020. The Labute approximate surface area is 286 Å². The van der Waals surface area contributed by atoms with Gasteiger partial charge in [0.25, 0.3) is 0 Å². The van der Waals surface area contributed by atoms with Crippen LogP contribution in [0.3, 0.4) is 0 Å². The summed E-state index contributed by atoms with van der Waals surface area (Å²) < 4.78 is 0.990. The average Bonchev–Trinajstić information content (AvgIpc) is 3.36. The van der Waals surface area contributed by atoms with Crippen molar-refractivity contribution in [3.05, 3.63) is 147 Å². The van der Waals surface area contributed by atoms with Crippen molar-refractivity contribution in [2.75, 3.05) is 4.90 Å². The fourth-order valence-electron chi connectivity index (χ4n) is 8.80. The van der Waals surface area contributed by atoms with Gasteiger partial charge in [-0.3, -0.25) is 24.1 Å². The van der Waals surface area contributed by atoms with E-state index in [4.69, 9.17) is 0 Å². The minimum absolute atomic E-state index is 0.0163. The zero-order valence-corrected chi connectivity index (χ0v) is 27.4. The molecule has 1 N–H and O–H groups in total. The van der Waals surface area contributed by atoms with Crippen LogP contribution in [0.5, 0.6) is 5.75 Å². The number of amides is 2. The first-order valence-corrected chi connectivity index (χ1v) is 16.9. The Morgan fingerprint density at radius 2 is 1.40 bits per heavy atom. The molecule has 2 fully saturated rings. The number of anilines is 1. The van der Waals surface area contributed by atoms with Crippen molar-refractivity contribution in [2.45, 2.75) is 24.2 Å². The van der Waals surface area contributed by atoms with Gasteiger partial charge in [0.15, 0.2) is 11.6 Å². The van der Waals surface area contributed by atoms with Gasteiger partial charge in [0, 0.05) is 26.5 Å². The Kier molecular flexibility index (Phi) is 7.13. The summed E-state index contributed by atoms with van der Waals surface area (Å²) in [6.07, 6.45) is 4.05. The summed E-state index contributed by atoms with van der Waals surface area (Å²) in [6.45, 7) is 0. The van der Waals surface area contributed by atoms with Gasteiger partial charge in [-0.25, -0.2) is 0 Å². The smallest absolute Gasteiger partial charge is 0.238 e. The SMILES string of the molecule is O=C1C(c2ccccc2)=CC(=O)[C@@]2(c3ccccc3)[C@@H](c3ccccc3O)C3=CC[C@@H]4C(=O)N(c5ccc(I)cc5)C(=O)[C@@H]4[C@@H]3C[C@@H]12. The molecular formula is C40H30INO5. The van der Waals surface area contributed by atoms with Crippen molar-refractivity contribution in [2.24, 2.45) is 23.7 Å². The van der Waals surface area contributed by atoms with Gasteiger partial charge >= 0.3 is 0 Å². The van der Waals surface area contributed by atoms with Crippen molar-refractivity contribution >= 4 is 57.2 Å². The number of nitrogens with zero attached hydrogens (tertiary/aromatic N) is 1. The van der Waals surface area contributed by atoms with E-state index in [-0.39, 0.29) is 35.6 Å². The fourth-order valence-corrected chi connectivity index (χ4v) is 9.15. The van der Waals surface area contributed by atoms with Gasteiger partial charge in [-0.15, -0.1) is 0 Å². The molecule has 6 atom stereocenters. The summed E-state index contributed by atoms with van der Waals surface area (Å²) in [5.74, 6) is -4.25. The summed E-state index contributed by atoms with van der Waals surface area (Å²) in [6, 6.07) is 32.9. The summed E-state index contributed by atoms with van der Waals surface area (Å²) in [5.41, 5.74) is 2.21. The molecule has 0 aromatic heterocycles. The van der Waals surface area contributed by atoms with Crippen molar-refractivity contribution in [3.8, 4) is 5.75 Å². The number of hydrogen-bond donors (Lipinski definition) is 1. The molecule has 3 aliphatic carbocycles. The number of phenolic OH excluding ortho intramolecular Hbond substituents is 1. The minimum atomic E-state index is -1.37. The lowest BCUT2D eigenvalue weighted by molar-refractivity contribution is -0.135. The first kappa shape index (κ1) is 29.8. The van der Waals surface area contributed by atoms with E-state index >= 15 is 0 Å². The quantitative estimate of drug-likeness (QED) is 0.138. The third-order valence-electron chi connectivity index (χ3n) is 10.7. The van der Waals surface area contributed by atoms with Gasteiger partial charge in [-0.05, 0) is 88.9 Å². The van der Waals surface area contributed by atoms with Gasteiger partial charge in [-0.2, -0.15) is 0 Å². The van der Waals surface area contributed by atoms with E-state index in [0.717, 1.165) is 9.14 Å². The van der Waals surface area contributed by atoms with Crippen LogP contribution in [-0.2, 0) is 24.6 Å². The van der Waals surface area contributed by atoms with Gasteiger partial charge < -0.3 is 5.11 Å². The molecule has 4 aliphatic rings. The first-order valence-electron chi connectivity index (χ1n) is 15.8. The van der Waals surface area contributed by atoms with E-state index in [0.29, 0.717) is 34.4 Å². The number of imide groups is 1. The van der Waals surface area contributed by atoms with Gasteiger partial charge in [0.05, 0.1) is 22.9 Å². The number of allylic oxidation sites excluding steroid dienone is 4. The Hall–Kier alpha value is -4.63. The van der Waals surface area contributed by atoms with Crippen molar-refractivity contribution in [1.29, 1.82) is 0 Å². The van der Waals surface area contributed by atoms with Crippen LogP contribution in [0.1, 0.15) is 35.4 Å². The lowest BCUT2D eigenvalue weighted by Crippen LogP contribution is -2.58. The number of halogens is 1. The largest absolute Gasteiger partial charge is 0.508 e. The lowest BCUT2D eigenvalue weighted by atomic mass is 9.44. The van der Waals surface area contributed by atoms with E-state index in [1.54, 1.807) is 24.3 Å². The second-order valence-electron chi connectivity index (χ2n) is 12.8. The molecule has 1 aliphatic heterocycles. The molecule has 6 nitrogen and oxygen atoms in total. The monoisotopic (exact) mass is 731 g/mol. The molecule has 1 heterocycles. The van der Waals surface area contributed by atoms with Crippen LogP contribution in [-0.4, -0.2) is 28.5 Å². The number of carbonyl (C=O) groups is 4. The molecule has 2 amide bonds. The van der Waals surface area contributed by atoms with Crippen molar-refractivity contribution in [1.82, 2.24) is 0 Å². The van der Waals surface area contributed by atoms with Gasteiger partial charge in [0.1, 0.15) is 5.75 Å². The molecule has 0 bridgehead atoms. The van der Waals surface area contributed by atoms with E-state index in [1.807, 2.05) is 91.0 Å². The Morgan fingerprint density at radius 1 is 0.745 bits per heavy atom. The predicted molar refractivity (Wildman–Crippen MR) is 186 cm³/mol. The molecule has 4 aromatic carbocycles. The van der Waals surface area contributed by atoms with Crippen LogP contribution in [0.4, 0.5) is 5.69 Å². The molecule has 1 saturated carbocycles. The molecule has 47 heavy (non-hydrogen) atoms. The number of aromatic hydroxyl groups is 1. The number of fused-ring (bicyclic) bond motifs is 4. The topological polar surface area (TPSA) is 91.8 Å². The minimum Gasteiger partial charge on any atom is -0.508 e. The third-order valence-corrected chi connectivity index (χ3v) is 11.4. The standard InChI is InChI=1S/C40H30INO5/c41-25-15-17-26(18-16-25)42-38(46)29-20-19-27-31(35(29)39(42)47)21-32-37(45)30(23-9-3-1-4-10-23)22-34(44)40(32,24-11-5-2-6-12-24)36(27)28-13-7-8-14-33(28)43/h1-19,22,29,31-32,35-36,43H,20-21H2/t29-,31+,32-,35-,36+,40-/m0/s1. The second kappa shape index (κ2) is 11.3. The molecule has 7 heteroatoms. The summed E-state index contributed by atoms with van der Waals surface area (Å²) >= 11 is 2.19. The number of carbonyl (C=O) groups excluding carboxylic acids is 4. The predicted octanol–water partition coefficient (Wildman–Crippen LogP) is 7.03. The lowest BCUT2D eigenvalue weighted by Gasteiger charge is -2.55. The molecule has 232 valence electrons. The maximum Gasteiger partial charge on any atom is 0.238 e. The van der Waals surface area contributed by atoms with E-state index in [9.17, 15) is 24.3 Å². The number of benzene rings is 4. The van der Waals surface area contributed by atoms with E-state index in [1.165, 1.54) is 11.0 Å². The van der Waals surface area contributed by atoms with Crippen LogP contribution in [0.15, 0.2) is 127 Å². The third kappa shape index (κ3) is 4.35. The molecule has 1 saturated heterocycles. The number of hydrogen-bond acceptors (Lipinski definition) is 5. The molecule has 8 rings (SSSR count). The summed E-state index contributed by atoms with van der Waals surface area (Å²) in [5, 5.41) is 11.4. The number of para-hydroxylation sites is 1. The molecule has 0 unspecified atom stereocenters. The molecule has 0 radical (unpaired) electrons. The van der Waals surface area contributed by atoms with Crippen LogP contribution >= 0.6 is 22.6 Å². The van der Waals surface area contributed by atoms with Gasteiger partial charge in [-0.1, -0.05) is 90.5 Å². The highest BCUT2D eigenvalue weighted by atomic mass is 127. The maximum absolute atomic E-state index is 15.0. The summed E-state index contributed by atoms with van der Waals surface area (Å²) in [4.78, 5) is 59.6. The normalized spacial score (nSPS) is 28.3. The van der Waals surface area contributed by atoms with Crippen LogP contribution in [0.25, 0.3) is 5.57 Å². The fraction of sp³-hybridized carbons (Fsp3) is 0.200. The van der Waals surface area contributed by atoms with E-state index in [2.05, 4.69) is 22.6 Å². The zero-order valence-electron chi connectivity index (χ0n) is 25.3. The highest BCUT2D eigenvalue weighted by Gasteiger charge is 2.66. The number of phenols is 1. The van der Waals surface area contributed by atoms with Crippen molar-refractivity contribution < 1.29 is 24.3 Å². The van der Waals surface area contributed by atoms with Crippen LogP contribution in [0, 0.1) is 27.2 Å². The highest BCUT2D eigenvalue weighted by molar-refractivity contribution is 14.1. The Balaban J connectivity index is 1.36. The molecular weight excluding hydrogens is 701 g/mol. The maximum atomic E-state index is 15.0. The molecule has 0 spiro atoms. The Morgan fingerprint density at radius 3 is 2.11 bits per heavy atom. The molecule has 4 aromatic rings. The van der Waals surface area contributed by atoms with Gasteiger partial charge in [0.2, 0.25) is 11.8 Å². The summed E-state index contributed by atoms with van der Waals surface area (Å²) in [7, 11) is 0.